The maximum absolute atomic E-state index is 11.8. The molecular formula is C23H23Cl2N3O5. The average Bonchev–Trinajstić information content (AvgIpc) is 3.18. The monoisotopic (exact) mass is 491 g/mol. The first-order valence-corrected chi connectivity index (χ1v) is 11.0. The molecule has 0 spiro atoms. The van der Waals surface area contributed by atoms with E-state index in [0.717, 1.165) is 10.9 Å². The number of rotatable bonds is 6. The molecule has 1 fully saturated rings. The van der Waals surface area contributed by atoms with E-state index >= 15 is 0 Å². The van der Waals surface area contributed by atoms with Crippen LogP contribution in [0.2, 0.25) is 10.0 Å². The van der Waals surface area contributed by atoms with E-state index in [1.165, 1.54) is 21.3 Å². The minimum Gasteiger partial charge on any atom is -0.495 e. The van der Waals surface area contributed by atoms with Crippen LogP contribution in [-0.2, 0) is 9.53 Å². The van der Waals surface area contributed by atoms with Crippen molar-refractivity contribution in [1.82, 2.24) is 9.97 Å². The number of ether oxygens (including phenoxy) is 3. The molecular weight excluding hydrogens is 469 g/mol. The number of aliphatic hydroxyl groups excluding tert-OH is 1. The molecule has 1 aliphatic rings. The third-order valence-electron chi connectivity index (χ3n) is 5.82. The zero-order chi connectivity index (χ0) is 23.7. The molecule has 10 heteroatoms. The molecule has 1 saturated carbocycles. The topological polar surface area (TPSA) is 103 Å². The van der Waals surface area contributed by atoms with Crippen LogP contribution in [0.1, 0.15) is 12.8 Å². The smallest absolute Gasteiger partial charge is 0.308 e. The summed E-state index contributed by atoms with van der Waals surface area (Å²) in [6, 6.07) is 6.86. The summed E-state index contributed by atoms with van der Waals surface area (Å²) in [5.74, 6) is 0.592. The van der Waals surface area contributed by atoms with Gasteiger partial charge in [0.25, 0.3) is 0 Å². The van der Waals surface area contributed by atoms with Gasteiger partial charge in [0.15, 0.2) is 0 Å². The first-order chi connectivity index (χ1) is 15.9. The zero-order valence-corrected chi connectivity index (χ0v) is 19.8. The Morgan fingerprint density at radius 2 is 1.79 bits per heavy atom. The van der Waals surface area contributed by atoms with Crippen molar-refractivity contribution in [2.75, 3.05) is 26.6 Å². The van der Waals surface area contributed by atoms with Gasteiger partial charge < -0.3 is 24.6 Å². The number of aliphatic hydroxyl groups is 1. The van der Waals surface area contributed by atoms with E-state index in [1.807, 2.05) is 18.2 Å². The second-order valence-electron chi connectivity index (χ2n) is 7.76. The van der Waals surface area contributed by atoms with E-state index < -0.39 is 6.10 Å². The van der Waals surface area contributed by atoms with Gasteiger partial charge in [0.05, 0.1) is 55.0 Å². The number of nitrogens with zero attached hydrogens (tertiary/aromatic N) is 2. The zero-order valence-electron chi connectivity index (χ0n) is 18.3. The molecule has 2 unspecified atom stereocenters. The summed E-state index contributed by atoms with van der Waals surface area (Å²) in [6.45, 7) is 0. The quantitative estimate of drug-likeness (QED) is 0.490. The van der Waals surface area contributed by atoms with Gasteiger partial charge in [-0.3, -0.25) is 4.79 Å². The number of halogens is 2. The normalized spacial score (nSPS) is 20.0. The van der Waals surface area contributed by atoms with Crippen molar-refractivity contribution in [2.45, 2.75) is 25.0 Å². The molecule has 33 heavy (non-hydrogen) atoms. The number of carbonyl (C=O) groups is 1. The van der Waals surface area contributed by atoms with Gasteiger partial charge >= 0.3 is 5.97 Å². The van der Waals surface area contributed by atoms with Crippen LogP contribution < -0.4 is 14.8 Å². The van der Waals surface area contributed by atoms with Gasteiger partial charge in [-0.2, -0.15) is 0 Å². The van der Waals surface area contributed by atoms with Crippen molar-refractivity contribution in [3.8, 4) is 22.6 Å². The Kier molecular flexibility index (Phi) is 6.78. The van der Waals surface area contributed by atoms with E-state index in [1.54, 1.807) is 12.3 Å². The number of hydrogen-bond acceptors (Lipinski definition) is 8. The van der Waals surface area contributed by atoms with Crippen LogP contribution in [-0.4, -0.2) is 54.5 Å². The van der Waals surface area contributed by atoms with Crippen LogP contribution in [0.3, 0.4) is 0 Å². The largest absolute Gasteiger partial charge is 0.495 e. The number of hydrogen-bond donors (Lipinski definition) is 2. The summed E-state index contributed by atoms with van der Waals surface area (Å²) in [6.07, 6.45) is 1.77. The van der Waals surface area contributed by atoms with E-state index in [9.17, 15) is 9.90 Å². The van der Waals surface area contributed by atoms with Crippen LogP contribution in [0.4, 0.5) is 5.95 Å². The van der Waals surface area contributed by atoms with Crippen molar-refractivity contribution in [1.29, 1.82) is 0 Å². The summed E-state index contributed by atoms with van der Waals surface area (Å²) in [5.41, 5.74) is 2.03. The summed E-state index contributed by atoms with van der Waals surface area (Å²) >= 11 is 13.1. The summed E-state index contributed by atoms with van der Waals surface area (Å²) in [4.78, 5) is 20.7. The number of esters is 1. The lowest BCUT2D eigenvalue weighted by Gasteiger charge is -2.17. The molecule has 0 aliphatic heterocycles. The van der Waals surface area contributed by atoms with E-state index in [4.69, 9.17) is 37.4 Å². The molecule has 0 bridgehead atoms. The van der Waals surface area contributed by atoms with Gasteiger partial charge in [-0.1, -0.05) is 29.3 Å². The first-order valence-electron chi connectivity index (χ1n) is 10.3. The van der Waals surface area contributed by atoms with Crippen molar-refractivity contribution in [3.05, 3.63) is 40.5 Å². The molecule has 0 saturated heterocycles. The fourth-order valence-corrected chi connectivity index (χ4v) is 4.81. The molecule has 1 aromatic heterocycles. The molecule has 3 atom stereocenters. The molecule has 174 valence electrons. The van der Waals surface area contributed by atoms with Crippen LogP contribution in [0.15, 0.2) is 30.5 Å². The second kappa shape index (κ2) is 9.59. The third kappa shape index (κ3) is 4.51. The predicted molar refractivity (Wildman–Crippen MR) is 126 cm³/mol. The lowest BCUT2D eigenvalue weighted by atomic mass is 10.0. The number of aromatic nitrogens is 2. The highest BCUT2D eigenvalue weighted by molar-refractivity contribution is 6.41. The lowest BCUT2D eigenvalue weighted by Crippen LogP contribution is -2.28. The molecule has 3 aromatic rings. The average molecular weight is 492 g/mol. The molecule has 0 amide bonds. The van der Waals surface area contributed by atoms with Crippen molar-refractivity contribution < 1.29 is 24.1 Å². The van der Waals surface area contributed by atoms with E-state index in [2.05, 4.69) is 15.3 Å². The Hall–Kier alpha value is -2.81. The summed E-state index contributed by atoms with van der Waals surface area (Å²) < 4.78 is 15.5. The molecule has 0 radical (unpaired) electrons. The van der Waals surface area contributed by atoms with Crippen molar-refractivity contribution in [3.63, 3.8) is 0 Å². The van der Waals surface area contributed by atoms with Crippen LogP contribution >= 0.6 is 23.2 Å². The molecule has 8 nitrogen and oxygen atoms in total. The van der Waals surface area contributed by atoms with Gasteiger partial charge in [0.1, 0.15) is 11.5 Å². The van der Waals surface area contributed by atoms with Crippen molar-refractivity contribution in [2.24, 2.45) is 5.92 Å². The Labute approximate surface area is 200 Å². The first kappa shape index (κ1) is 23.4. The SMILES string of the molecule is COC(=O)C1CC(Nc2ncc3cc(-c4c(Cl)c(OC)cc(OC)c4Cl)ccc3n2)[C@H](O)C1. The van der Waals surface area contributed by atoms with Crippen molar-refractivity contribution >= 4 is 46.0 Å². The minimum atomic E-state index is -0.692. The number of anilines is 1. The number of fused-ring (bicyclic) bond motifs is 1. The highest BCUT2D eigenvalue weighted by atomic mass is 35.5. The van der Waals surface area contributed by atoms with Crippen LogP contribution in [0.25, 0.3) is 22.0 Å². The number of nitrogens with one attached hydrogen (secondary N) is 1. The molecule has 1 heterocycles. The number of carbonyl (C=O) groups excluding carboxylic acids is 1. The Balaban J connectivity index is 1.63. The van der Waals surface area contributed by atoms with Crippen LogP contribution in [0.5, 0.6) is 11.5 Å². The molecule has 2 N–H and O–H groups in total. The summed E-state index contributed by atoms with van der Waals surface area (Å²) in [7, 11) is 4.39. The van der Waals surface area contributed by atoms with E-state index in [-0.39, 0.29) is 17.9 Å². The minimum absolute atomic E-state index is 0.322. The lowest BCUT2D eigenvalue weighted by molar-refractivity contribution is -0.145. The standard InChI is InChI=1S/C23H23Cl2N3O5/c1-31-17-9-18(32-2)21(25)19(20(17)24)11-4-5-14-13(6-11)10-26-23(27-14)28-15-7-12(8-16(15)29)22(30)33-3/h4-6,9-10,12,15-16,29H,7-8H2,1-3H3,(H,26,27,28)/t12?,15?,16-/m1/s1. The fraction of sp³-hybridized carbons (Fsp3) is 0.348. The van der Waals surface area contributed by atoms with Crippen LogP contribution in [0, 0.1) is 5.92 Å². The Bertz CT molecular complexity index is 1180. The highest BCUT2D eigenvalue weighted by Crippen LogP contribution is 2.46. The van der Waals surface area contributed by atoms with E-state index in [0.29, 0.717) is 51.4 Å². The maximum atomic E-state index is 11.8. The fourth-order valence-electron chi connectivity index (χ4n) is 4.09. The van der Waals surface area contributed by atoms with Gasteiger partial charge in [0, 0.05) is 23.2 Å². The Morgan fingerprint density at radius 1 is 1.09 bits per heavy atom. The molecule has 1 aliphatic carbocycles. The number of benzene rings is 2. The van der Waals surface area contributed by atoms with Gasteiger partial charge in [-0.25, -0.2) is 9.97 Å². The highest BCUT2D eigenvalue weighted by Gasteiger charge is 2.37. The third-order valence-corrected chi connectivity index (χ3v) is 6.57. The van der Waals surface area contributed by atoms with Gasteiger partial charge in [0.2, 0.25) is 5.95 Å². The molecule has 2 aromatic carbocycles. The number of methoxy groups -OCH3 is 3. The predicted octanol–water partition coefficient (Wildman–Crippen LogP) is 4.35. The van der Waals surface area contributed by atoms with Gasteiger partial charge in [-0.15, -0.1) is 0 Å². The summed E-state index contributed by atoms with van der Waals surface area (Å²) in [5, 5.41) is 15.0. The molecule has 4 rings (SSSR count). The Morgan fingerprint density at radius 3 is 2.42 bits per heavy atom. The van der Waals surface area contributed by atoms with Gasteiger partial charge in [-0.05, 0) is 30.5 Å². The maximum Gasteiger partial charge on any atom is 0.308 e. The second-order valence-corrected chi connectivity index (χ2v) is 8.52.